The summed E-state index contributed by atoms with van der Waals surface area (Å²) in [5.41, 5.74) is 0. The number of aliphatic hydroxyl groups is 12. The minimum atomic E-state index is -3.90. The first-order chi connectivity index (χ1) is 14.9. The monoisotopic (exact) mass is 598 g/mol. The molecule has 0 aromatic heterocycles. The van der Waals surface area contributed by atoms with Gasteiger partial charge in [0.05, 0.1) is 0 Å². The van der Waals surface area contributed by atoms with E-state index in [1.807, 2.05) is 0 Å². The summed E-state index contributed by atoms with van der Waals surface area (Å²) in [4.78, 5) is 0. The SMILES string of the molecule is CCCCCCC[CH2][Sn][CH2]CCCCCCC.OC(O)(O)C(O)(O)O.OC(O)(O)C(O)(O)O. The van der Waals surface area contributed by atoms with Crippen LogP contribution in [0.5, 0.6) is 0 Å². The predicted octanol–water partition coefficient (Wildman–Crippen LogP) is -1.26. The molecule has 0 fully saturated rings. The summed E-state index contributed by atoms with van der Waals surface area (Å²) in [5, 5.41) is 92.6. The molecule has 0 unspecified atom stereocenters. The van der Waals surface area contributed by atoms with Crippen molar-refractivity contribution in [1.82, 2.24) is 0 Å². The fraction of sp³-hybridized carbons (Fsp3) is 1.00. The third kappa shape index (κ3) is 28.4. The third-order valence-corrected chi connectivity index (χ3v) is 8.35. The van der Waals surface area contributed by atoms with E-state index in [1.54, 1.807) is 21.7 Å². The van der Waals surface area contributed by atoms with Crippen LogP contribution in [0.3, 0.4) is 0 Å². The molecule has 0 spiro atoms. The summed E-state index contributed by atoms with van der Waals surface area (Å²) >= 11 is 0.0736. The Labute approximate surface area is 206 Å². The zero-order chi connectivity index (χ0) is 26.6. The smallest absolute Gasteiger partial charge is 0.337 e. The van der Waals surface area contributed by atoms with Crippen LogP contribution in [0.1, 0.15) is 90.9 Å². The quantitative estimate of drug-likeness (QED) is 0.0567. The number of hydrogen-bond acceptors (Lipinski definition) is 12. The van der Waals surface area contributed by atoms with Crippen LogP contribution < -0.4 is 0 Å². The Morgan fingerprint density at radius 3 is 0.788 bits per heavy atom. The molecular weight excluding hydrogens is 551 g/mol. The molecule has 0 heterocycles. The first-order valence-corrected chi connectivity index (χ1v) is 15.3. The molecule has 0 amide bonds. The standard InChI is InChI=1S/2C8H17.2C2H6O6.Sn/c2*1-3-5-7-8-6-4-2;2*3-1(4,5)2(6,7)8;/h2*1,3-8H2,2H3;2*3-8H;. The summed E-state index contributed by atoms with van der Waals surface area (Å²) in [6.45, 7) is 4.60. The van der Waals surface area contributed by atoms with Gasteiger partial charge in [0.15, 0.2) is 0 Å². The van der Waals surface area contributed by atoms with Crippen molar-refractivity contribution in [3.8, 4) is 0 Å². The van der Waals surface area contributed by atoms with Gasteiger partial charge in [0.1, 0.15) is 0 Å². The molecule has 2 radical (unpaired) electrons. The molecule has 0 aliphatic carbocycles. The molecule has 12 N–H and O–H groups in total. The van der Waals surface area contributed by atoms with Crippen molar-refractivity contribution in [3.63, 3.8) is 0 Å². The van der Waals surface area contributed by atoms with E-state index in [-0.39, 0.29) is 21.1 Å². The van der Waals surface area contributed by atoms with Crippen molar-refractivity contribution in [3.05, 3.63) is 0 Å². The summed E-state index contributed by atoms with van der Waals surface area (Å²) < 4.78 is 3.31. The summed E-state index contributed by atoms with van der Waals surface area (Å²) in [6.07, 6.45) is 17.8. The topological polar surface area (TPSA) is 243 Å². The second-order valence-corrected chi connectivity index (χ2v) is 12.1. The zero-order valence-electron chi connectivity index (χ0n) is 19.8. The van der Waals surface area contributed by atoms with Crippen LogP contribution >= 0.6 is 0 Å². The van der Waals surface area contributed by atoms with Crippen molar-refractivity contribution >= 4 is 21.1 Å². The molecular formula is C20H46O12Sn. The molecule has 0 saturated heterocycles. The van der Waals surface area contributed by atoms with E-state index < -0.39 is 23.9 Å². The molecule has 0 atom stereocenters. The Bertz CT molecular complexity index is 349. The van der Waals surface area contributed by atoms with Crippen LogP contribution in [-0.2, 0) is 0 Å². The van der Waals surface area contributed by atoms with Crippen molar-refractivity contribution in [2.24, 2.45) is 0 Å². The van der Waals surface area contributed by atoms with E-state index in [4.69, 9.17) is 61.3 Å². The van der Waals surface area contributed by atoms with Gasteiger partial charge in [-0.1, -0.05) is 0 Å². The van der Waals surface area contributed by atoms with Gasteiger partial charge in [0.25, 0.3) is 0 Å². The average Bonchev–Trinajstić information content (AvgIpc) is 2.63. The van der Waals surface area contributed by atoms with Gasteiger partial charge >= 0.3 is 145 Å². The van der Waals surface area contributed by atoms with Crippen molar-refractivity contribution in [2.75, 3.05) is 0 Å². The van der Waals surface area contributed by atoms with Gasteiger partial charge in [0.2, 0.25) is 0 Å². The molecule has 0 aliphatic heterocycles. The molecule has 33 heavy (non-hydrogen) atoms. The Balaban J connectivity index is -0.000000468. The van der Waals surface area contributed by atoms with Crippen LogP contribution in [0.25, 0.3) is 0 Å². The van der Waals surface area contributed by atoms with Crippen LogP contribution in [0.2, 0.25) is 8.87 Å². The van der Waals surface area contributed by atoms with E-state index >= 15 is 0 Å². The van der Waals surface area contributed by atoms with Crippen molar-refractivity contribution in [2.45, 2.75) is 124 Å². The van der Waals surface area contributed by atoms with Crippen LogP contribution in [-0.4, -0.2) is 106 Å². The van der Waals surface area contributed by atoms with E-state index in [0.717, 1.165) is 0 Å². The second-order valence-electron chi connectivity index (χ2n) is 7.83. The normalized spacial score (nSPS) is 12.5. The molecule has 0 saturated carbocycles. The Morgan fingerprint density at radius 2 is 0.576 bits per heavy atom. The molecule has 0 aliphatic rings. The first kappa shape index (κ1) is 37.9. The van der Waals surface area contributed by atoms with Gasteiger partial charge < -0.3 is 61.3 Å². The fourth-order valence-electron chi connectivity index (χ4n) is 2.19. The van der Waals surface area contributed by atoms with Crippen LogP contribution in [0.4, 0.5) is 0 Å². The minimum absolute atomic E-state index is 0.0736. The summed E-state index contributed by atoms with van der Waals surface area (Å²) in [6, 6.07) is 0. The molecule has 0 aromatic rings. The van der Waals surface area contributed by atoms with E-state index in [0.29, 0.717) is 0 Å². The second kappa shape index (κ2) is 20.5. The number of unbranched alkanes of at least 4 members (excludes halogenated alkanes) is 10. The molecule has 202 valence electrons. The van der Waals surface area contributed by atoms with Gasteiger partial charge in [0, 0.05) is 0 Å². The maximum atomic E-state index is 7.72. The van der Waals surface area contributed by atoms with Gasteiger partial charge in [-0.15, -0.1) is 0 Å². The van der Waals surface area contributed by atoms with E-state index in [1.165, 1.54) is 64.2 Å². The number of rotatable bonds is 16. The minimum Gasteiger partial charge on any atom is -0.337 e. The fourth-order valence-corrected chi connectivity index (χ4v) is 5.75. The first-order valence-electron chi connectivity index (χ1n) is 11.3. The average molecular weight is 597 g/mol. The molecule has 0 rings (SSSR count). The Hall–Kier alpha value is 0.319. The van der Waals surface area contributed by atoms with Crippen molar-refractivity contribution in [1.29, 1.82) is 0 Å². The van der Waals surface area contributed by atoms with Gasteiger partial charge in [-0.05, 0) is 0 Å². The summed E-state index contributed by atoms with van der Waals surface area (Å²) in [5.74, 6) is -15.6. The Kier molecular flexibility index (Phi) is 23.5. The van der Waals surface area contributed by atoms with Crippen molar-refractivity contribution < 1.29 is 61.3 Å². The van der Waals surface area contributed by atoms with Gasteiger partial charge in [-0.3, -0.25) is 0 Å². The molecule has 13 heteroatoms. The maximum Gasteiger partial charge on any atom is 0.362 e. The molecule has 0 bridgehead atoms. The summed E-state index contributed by atoms with van der Waals surface area (Å²) in [7, 11) is 0. The van der Waals surface area contributed by atoms with E-state index in [9.17, 15) is 0 Å². The van der Waals surface area contributed by atoms with E-state index in [2.05, 4.69) is 13.8 Å². The van der Waals surface area contributed by atoms with Crippen LogP contribution in [0.15, 0.2) is 0 Å². The predicted molar refractivity (Wildman–Crippen MR) is 120 cm³/mol. The molecule has 12 nitrogen and oxygen atoms in total. The number of hydrogen-bond donors (Lipinski definition) is 12. The largest absolute Gasteiger partial charge is 0.362 e. The van der Waals surface area contributed by atoms with Gasteiger partial charge in [-0.25, -0.2) is 0 Å². The Morgan fingerprint density at radius 1 is 0.364 bits per heavy atom. The van der Waals surface area contributed by atoms with Crippen LogP contribution in [0, 0.1) is 0 Å². The molecule has 0 aromatic carbocycles. The maximum absolute atomic E-state index is 7.72. The zero-order valence-corrected chi connectivity index (χ0v) is 22.6. The van der Waals surface area contributed by atoms with Gasteiger partial charge in [-0.2, -0.15) is 0 Å². The third-order valence-electron chi connectivity index (χ3n) is 4.31.